The minimum Gasteiger partial charge on any atom is -0.338 e. The number of hydrogen-bond acceptors (Lipinski definition) is 3. The molecule has 0 aliphatic carbocycles. The zero-order valence-electron chi connectivity index (χ0n) is 9.87. The molecule has 2 aromatic heterocycles. The summed E-state index contributed by atoms with van der Waals surface area (Å²) >= 11 is 0. The second kappa shape index (κ2) is 4.82. The summed E-state index contributed by atoms with van der Waals surface area (Å²) in [6, 6.07) is 1.84. The van der Waals surface area contributed by atoms with Crippen LogP contribution < -0.4 is 5.32 Å². The van der Waals surface area contributed by atoms with E-state index in [2.05, 4.69) is 32.4 Å². The number of H-pyrrole nitrogens is 2. The summed E-state index contributed by atoms with van der Waals surface area (Å²) in [4.78, 5) is 18.6. The van der Waals surface area contributed by atoms with Crippen molar-refractivity contribution in [1.29, 1.82) is 0 Å². The molecule has 0 bridgehead atoms. The van der Waals surface area contributed by atoms with E-state index in [1.54, 1.807) is 6.92 Å². The lowest BCUT2D eigenvalue weighted by molar-refractivity contribution is 0.102. The number of imidazole rings is 1. The van der Waals surface area contributed by atoms with Crippen LogP contribution >= 0.6 is 0 Å². The molecule has 0 spiro atoms. The maximum atomic E-state index is 11.8. The quantitative estimate of drug-likeness (QED) is 0.750. The van der Waals surface area contributed by atoms with Gasteiger partial charge in [-0.05, 0) is 13.3 Å². The second-order valence-electron chi connectivity index (χ2n) is 3.86. The van der Waals surface area contributed by atoms with E-state index in [9.17, 15) is 4.79 Å². The molecule has 2 rings (SSSR count). The lowest BCUT2D eigenvalue weighted by atomic mass is 10.2. The summed E-state index contributed by atoms with van der Waals surface area (Å²) in [6.07, 6.45) is 3.46. The van der Waals surface area contributed by atoms with Crippen LogP contribution in [0.4, 0.5) is 5.82 Å². The Bertz CT molecular complexity index is 513. The fourth-order valence-corrected chi connectivity index (χ4v) is 1.54. The molecule has 2 heterocycles. The predicted molar refractivity (Wildman–Crippen MR) is 63.9 cm³/mol. The van der Waals surface area contributed by atoms with E-state index in [-0.39, 0.29) is 5.91 Å². The molecular weight excluding hydrogens is 218 g/mol. The maximum Gasteiger partial charge on any atom is 0.274 e. The molecule has 0 atom stereocenters. The molecule has 0 aromatic carbocycles. The summed E-state index contributed by atoms with van der Waals surface area (Å²) in [5.41, 5.74) is 1.45. The Morgan fingerprint density at radius 1 is 1.53 bits per heavy atom. The van der Waals surface area contributed by atoms with E-state index in [4.69, 9.17) is 0 Å². The van der Waals surface area contributed by atoms with Gasteiger partial charge in [-0.1, -0.05) is 13.3 Å². The Balaban J connectivity index is 2.02. The van der Waals surface area contributed by atoms with Gasteiger partial charge in [-0.15, -0.1) is 0 Å². The Morgan fingerprint density at radius 2 is 2.35 bits per heavy atom. The predicted octanol–water partition coefficient (Wildman–Crippen LogP) is 1.65. The summed E-state index contributed by atoms with van der Waals surface area (Å²) in [6.45, 7) is 3.89. The lowest BCUT2D eigenvalue weighted by Gasteiger charge is -1.97. The van der Waals surface area contributed by atoms with Crippen LogP contribution in [0, 0.1) is 6.92 Å². The van der Waals surface area contributed by atoms with Gasteiger partial charge in [0, 0.05) is 11.8 Å². The van der Waals surface area contributed by atoms with E-state index >= 15 is 0 Å². The van der Waals surface area contributed by atoms with Crippen LogP contribution in [-0.4, -0.2) is 26.1 Å². The normalized spacial score (nSPS) is 10.5. The molecule has 3 N–H and O–H groups in total. The lowest BCUT2D eigenvalue weighted by Crippen LogP contribution is -2.12. The molecule has 0 saturated heterocycles. The van der Waals surface area contributed by atoms with Crippen LogP contribution in [-0.2, 0) is 6.42 Å². The van der Waals surface area contributed by atoms with Crippen molar-refractivity contribution in [3.8, 4) is 0 Å². The van der Waals surface area contributed by atoms with Crippen molar-refractivity contribution in [1.82, 2.24) is 20.2 Å². The maximum absolute atomic E-state index is 11.8. The standard InChI is InChI=1S/C11H15N5O/c1-3-4-8-5-10(16-15-8)14-11(17)9-6-12-7(2)13-9/h5-6H,3-4H2,1-2H3,(H,12,13)(H2,14,15,16,17). The average molecular weight is 233 g/mol. The molecular formula is C11H15N5O. The van der Waals surface area contributed by atoms with E-state index in [0.29, 0.717) is 17.3 Å². The number of amides is 1. The molecule has 2 aromatic rings. The van der Waals surface area contributed by atoms with Gasteiger partial charge in [-0.25, -0.2) is 4.98 Å². The monoisotopic (exact) mass is 233 g/mol. The van der Waals surface area contributed by atoms with Gasteiger partial charge in [0.25, 0.3) is 5.91 Å². The number of nitrogens with zero attached hydrogens (tertiary/aromatic N) is 2. The topological polar surface area (TPSA) is 86.5 Å². The Hall–Kier alpha value is -2.11. The van der Waals surface area contributed by atoms with Gasteiger partial charge in [0.15, 0.2) is 5.82 Å². The molecule has 0 aliphatic rings. The number of nitrogens with one attached hydrogen (secondary N) is 3. The van der Waals surface area contributed by atoms with Crippen LogP contribution in [0.25, 0.3) is 0 Å². The minimum absolute atomic E-state index is 0.236. The molecule has 6 nitrogen and oxygen atoms in total. The molecule has 17 heavy (non-hydrogen) atoms. The summed E-state index contributed by atoms with van der Waals surface area (Å²) in [5, 5.41) is 9.59. The fraction of sp³-hybridized carbons (Fsp3) is 0.364. The third kappa shape index (κ3) is 2.72. The van der Waals surface area contributed by atoms with Gasteiger partial charge < -0.3 is 10.3 Å². The molecule has 0 radical (unpaired) electrons. The van der Waals surface area contributed by atoms with Gasteiger partial charge >= 0.3 is 0 Å². The smallest absolute Gasteiger partial charge is 0.274 e. The van der Waals surface area contributed by atoms with E-state index < -0.39 is 0 Å². The van der Waals surface area contributed by atoms with E-state index in [1.165, 1.54) is 6.20 Å². The Labute approximate surface area is 98.9 Å². The molecule has 0 fully saturated rings. The van der Waals surface area contributed by atoms with E-state index in [0.717, 1.165) is 18.5 Å². The highest BCUT2D eigenvalue weighted by Crippen LogP contribution is 2.08. The highest BCUT2D eigenvalue weighted by Gasteiger charge is 2.10. The van der Waals surface area contributed by atoms with E-state index in [1.807, 2.05) is 6.07 Å². The van der Waals surface area contributed by atoms with Crippen LogP contribution in [0.2, 0.25) is 0 Å². The molecule has 1 amide bonds. The molecule has 0 saturated carbocycles. The zero-order valence-corrected chi connectivity index (χ0v) is 9.87. The number of aromatic amines is 2. The third-order valence-corrected chi connectivity index (χ3v) is 2.34. The van der Waals surface area contributed by atoms with Crippen molar-refractivity contribution in [2.24, 2.45) is 0 Å². The minimum atomic E-state index is -0.236. The molecule has 90 valence electrons. The van der Waals surface area contributed by atoms with Gasteiger partial charge in [0.1, 0.15) is 11.5 Å². The average Bonchev–Trinajstić information content (AvgIpc) is 2.88. The first-order valence-corrected chi connectivity index (χ1v) is 5.56. The SMILES string of the molecule is CCCc1cc(NC(=O)c2cnc(C)[nH]2)n[nH]1. The van der Waals surface area contributed by atoms with Crippen LogP contribution in [0.5, 0.6) is 0 Å². The molecule has 0 unspecified atom stereocenters. The Kier molecular flexibility index (Phi) is 3.22. The summed E-state index contributed by atoms with van der Waals surface area (Å²) in [7, 11) is 0. The number of carbonyl (C=O) groups is 1. The number of anilines is 1. The van der Waals surface area contributed by atoms with Gasteiger partial charge in [0.05, 0.1) is 6.20 Å². The van der Waals surface area contributed by atoms with Crippen molar-refractivity contribution in [2.45, 2.75) is 26.7 Å². The second-order valence-corrected chi connectivity index (χ2v) is 3.86. The van der Waals surface area contributed by atoms with Gasteiger partial charge in [-0.2, -0.15) is 5.10 Å². The zero-order chi connectivity index (χ0) is 12.3. The van der Waals surface area contributed by atoms with Gasteiger partial charge in [-0.3, -0.25) is 9.89 Å². The van der Waals surface area contributed by atoms with Crippen molar-refractivity contribution in [3.05, 3.63) is 29.5 Å². The number of aromatic nitrogens is 4. The van der Waals surface area contributed by atoms with Crippen LogP contribution in [0.1, 0.15) is 35.4 Å². The van der Waals surface area contributed by atoms with Crippen molar-refractivity contribution < 1.29 is 4.79 Å². The fourth-order valence-electron chi connectivity index (χ4n) is 1.54. The largest absolute Gasteiger partial charge is 0.338 e. The third-order valence-electron chi connectivity index (χ3n) is 2.34. The Morgan fingerprint density at radius 3 is 3.00 bits per heavy atom. The highest BCUT2D eigenvalue weighted by atomic mass is 16.2. The summed E-state index contributed by atoms with van der Waals surface area (Å²) < 4.78 is 0. The van der Waals surface area contributed by atoms with Crippen molar-refractivity contribution in [3.63, 3.8) is 0 Å². The highest BCUT2D eigenvalue weighted by molar-refractivity contribution is 6.02. The van der Waals surface area contributed by atoms with Crippen LogP contribution in [0.15, 0.2) is 12.3 Å². The molecule has 0 aliphatic heterocycles. The van der Waals surface area contributed by atoms with Crippen molar-refractivity contribution >= 4 is 11.7 Å². The van der Waals surface area contributed by atoms with Crippen molar-refractivity contribution in [2.75, 3.05) is 5.32 Å². The molecule has 6 heteroatoms. The van der Waals surface area contributed by atoms with Crippen LogP contribution in [0.3, 0.4) is 0 Å². The van der Waals surface area contributed by atoms with Gasteiger partial charge in [0.2, 0.25) is 0 Å². The number of hydrogen-bond donors (Lipinski definition) is 3. The number of rotatable bonds is 4. The summed E-state index contributed by atoms with van der Waals surface area (Å²) in [5.74, 6) is 1.01. The number of carbonyl (C=O) groups excluding carboxylic acids is 1. The first-order chi connectivity index (χ1) is 8.19. The first-order valence-electron chi connectivity index (χ1n) is 5.56. The first kappa shape index (κ1) is 11.4. The number of aryl methyl sites for hydroxylation is 2.